The minimum absolute atomic E-state index is 0.171. The fourth-order valence-corrected chi connectivity index (χ4v) is 3.08. The molecule has 0 aromatic carbocycles. The van der Waals surface area contributed by atoms with E-state index in [1.807, 2.05) is 12.1 Å². The van der Waals surface area contributed by atoms with Crippen LogP contribution in [0.4, 0.5) is 0 Å². The molecule has 1 aliphatic heterocycles. The van der Waals surface area contributed by atoms with E-state index in [0.717, 1.165) is 31.0 Å². The summed E-state index contributed by atoms with van der Waals surface area (Å²) in [5.74, 6) is 2.55. The average molecular weight is 243 g/mol. The molecule has 16 heavy (non-hydrogen) atoms. The number of hydrogen-bond donors (Lipinski definition) is 1. The Morgan fingerprint density at radius 1 is 1.44 bits per heavy atom. The second-order valence-corrected chi connectivity index (χ2v) is 5.46. The van der Waals surface area contributed by atoms with Crippen LogP contribution in [0.3, 0.4) is 0 Å². The number of ether oxygens (including phenoxy) is 1. The average Bonchev–Trinajstić information content (AvgIpc) is 2.89. The number of nitrogens with two attached hydrogens (primary N) is 1. The van der Waals surface area contributed by atoms with Crippen LogP contribution in [0.25, 0.3) is 0 Å². The van der Waals surface area contributed by atoms with Crippen molar-refractivity contribution in [3.63, 3.8) is 0 Å². The normalized spacial score (nSPS) is 22.4. The van der Waals surface area contributed by atoms with Gasteiger partial charge in [-0.15, -0.1) is 0 Å². The van der Waals surface area contributed by atoms with Gasteiger partial charge in [-0.05, 0) is 25.0 Å². The topological polar surface area (TPSA) is 65.5 Å². The lowest BCUT2D eigenvalue weighted by Crippen LogP contribution is -2.16. The summed E-state index contributed by atoms with van der Waals surface area (Å²) < 4.78 is 22.7. The molecule has 2 unspecified atom stereocenters. The molecule has 0 bridgehead atoms. The van der Waals surface area contributed by atoms with Crippen LogP contribution in [-0.4, -0.2) is 22.7 Å². The third-order valence-electron chi connectivity index (χ3n) is 2.62. The number of furan rings is 1. The van der Waals surface area contributed by atoms with Crippen LogP contribution in [0, 0.1) is 0 Å². The quantitative estimate of drug-likeness (QED) is 0.843. The molecule has 4 nitrogen and oxygen atoms in total. The molecule has 0 aliphatic carbocycles. The first-order chi connectivity index (χ1) is 7.78. The van der Waals surface area contributed by atoms with Crippen LogP contribution >= 0.6 is 0 Å². The maximum atomic E-state index is 11.8. The lowest BCUT2D eigenvalue weighted by molar-refractivity contribution is 0.128. The predicted molar refractivity (Wildman–Crippen MR) is 62.3 cm³/mol. The smallest absolute Gasteiger partial charge is 0.117 e. The molecule has 0 saturated carbocycles. The third kappa shape index (κ3) is 3.17. The maximum Gasteiger partial charge on any atom is 0.117 e. The number of rotatable bonds is 5. The van der Waals surface area contributed by atoms with Gasteiger partial charge >= 0.3 is 0 Å². The van der Waals surface area contributed by atoms with E-state index in [1.165, 1.54) is 0 Å². The van der Waals surface area contributed by atoms with E-state index in [2.05, 4.69) is 0 Å². The maximum absolute atomic E-state index is 11.8. The molecular formula is C11H17NO3S. The van der Waals surface area contributed by atoms with E-state index < -0.39 is 10.8 Å². The minimum Gasteiger partial charge on any atom is -0.464 e. The molecule has 2 N–H and O–H groups in total. The monoisotopic (exact) mass is 243 g/mol. The lowest BCUT2D eigenvalue weighted by Gasteiger charge is -2.07. The largest absolute Gasteiger partial charge is 0.464 e. The summed E-state index contributed by atoms with van der Waals surface area (Å²) in [6.45, 7) is 1.19. The van der Waals surface area contributed by atoms with Gasteiger partial charge in [-0.25, -0.2) is 0 Å². The van der Waals surface area contributed by atoms with Crippen LogP contribution in [-0.2, 0) is 27.8 Å². The van der Waals surface area contributed by atoms with Gasteiger partial charge < -0.3 is 14.9 Å². The summed E-state index contributed by atoms with van der Waals surface area (Å²) in [4.78, 5) is 0. The summed E-state index contributed by atoms with van der Waals surface area (Å²) in [5, 5.41) is 0. The van der Waals surface area contributed by atoms with Gasteiger partial charge in [0.1, 0.15) is 11.5 Å². The summed E-state index contributed by atoms with van der Waals surface area (Å²) >= 11 is 0. The highest BCUT2D eigenvalue weighted by Gasteiger charge is 2.19. The predicted octanol–water partition coefficient (Wildman–Crippen LogP) is 1.17. The molecule has 5 heteroatoms. The molecule has 2 rings (SSSR count). The molecule has 1 aromatic rings. The number of hydrogen-bond acceptors (Lipinski definition) is 4. The van der Waals surface area contributed by atoms with E-state index in [4.69, 9.17) is 14.9 Å². The summed E-state index contributed by atoms with van der Waals surface area (Å²) in [6.07, 6.45) is 2.28. The first-order valence-corrected chi connectivity index (χ1v) is 7.01. The fourth-order valence-electron chi connectivity index (χ4n) is 1.81. The van der Waals surface area contributed by atoms with Crippen molar-refractivity contribution in [2.75, 3.05) is 12.4 Å². The van der Waals surface area contributed by atoms with Crippen LogP contribution in [0.2, 0.25) is 0 Å². The van der Waals surface area contributed by atoms with Gasteiger partial charge in [0, 0.05) is 17.4 Å². The molecular weight excluding hydrogens is 226 g/mol. The van der Waals surface area contributed by atoms with Crippen LogP contribution in [0.15, 0.2) is 16.5 Å². The SMILES string of the molecule is NCc1ccc(CS(=O)CC2CCCO2)o1. The molecule has 0 amide bonds. The molecule has 2 atom stereocenters. The Morgan fingerprint density at radius 3 is 2.88 bits per heavy atom. The molecule has 90 valence electrons. The minimum atomic E-state index is -0.909. The van der Waals surface area contributed by atoms with Crippen molar-refractivity contribution in [2.24, 2.45) is 5.73 Å². The molecule has 1 saturated heterocycles. The van der Waals surface area contributed by atoms with Crippen molar-refractivity contribution in [2.45, 2.75) is 31.2 Å². The Balaban J connectivity index is 1.81. The van der Waals surface area contributed by atoms with E-state index in [-0.39, 0.29) is 6.10 Å². The molecule has 1 aromatic heterocycles. The Hall–Kier alpha value is -0.650. The first-order valence-electron chi connectivity index (χ1n) is 5.52. The highest BCUT2D eigenvalue weighted by molar-refractivity contribution is 7.84. The van der Waals surface area contributed by atoms with Crippen molar-refractivity contribution >= 4 is 10.8 Å². The molecule has 0 spiro atoms. The Labute approximate surface area is 97.6 Å². The van der Waals surface area contributed by atoms with E-state index in [9.17, 15) is 4.21 Å². The zero-order valence-corrected chi connectivity index (χ0v) is 10.0. The standard InChI is InChI=1S/C11H17NO3S/c12-6-9-3-4-11(15-9)8-16(13)7-10-2-1-5-14-10/h3-4,10H,1-2,5-8,12H2. The highest BCUT2D eigenvalue weighted by Crippen LogP contribution is 2.15. The molecule has 1 fully saturated rings. The van der Waals surface area contributed by atoms with Gasteiger partial charge in [-0.2, -0.15) is 0 Å². The zero-order valence-electron chi connectivity index (χ0n) is 9.19. The first kappa shape index (κ1) is 11.8. The van der Waals surface area contributed by atoms with Crippen molar-refractivity contribution in [1.29, 1.82) is 0 Å². The van der Waals surface area contributed by atoms with Gasteiger partial charge in [0.25, 0.3) is 0 Å². The van der Waals surface area contributed by atoms with Crippen LogP contribution in [0.1, 0.15) is 24.4 Å². The van der Waals surface area contributed by atoms with E-state index >= 15 is 0 Å². The zero-order chi connectivity index (χ0) is 11.4. The van der Waals surface area contributed by atoms with Gasteiger partial charge in [0.2, 0.25) is 0 Å². The summed E-state index contributed by atoms with van der Waals surface area (Å²) in [5.41, 5.74) is 5.44. The van der Waals surface area contributed by atoms with Gasteiger partial charge in [-0.1, -0.05) is 0 Å². The summed E-state index contributed by atoms with van der Waals surface area (Å²) in [6, 6.07) is 3.67. The van der Waals surface area contributed by atoms with E-state index in [1.54, 1.807) is 0 Å². The van der Waals surface area contributed by atoms with Gasteiger partial charge in [0.05, 0.1) is 24.2 Å². The van der Waals surface area contributed by atoms with Crippen molar-refractivity contribution in [3.8, 4) is 0 Å². The van der Waals surface area contributed by atoms with Crippen LogP contribution in [0.5, 0.6) is 0 Å². The van der Waals surface area contributed by atoms with Crippen molar-refractivity contribution < 1.29 is 13.4 Å². The van der Waals surface area contributed by atoms with Crippen molar-refractivity contribution in [3.05, 3.63) is 23.7 Å². The summed E-state index contributed by atoms with van der Waals surface area (Å²) in [7, 11) is -0.909. The molecule has 0 radical (unpaired) electrons. The Kier molecular flexibility index (Phi) is 4.15. The molecule has 2 heterocycles. The Bertz CT molecular complexity index is 358. The molecule has 1 aliphatic rings. The van der Waals surface area contributed by atoms with Crippen LogP contribution < -0.4 is 5.73 Å². The second kappa shape index (κ2) is 5.61. The van der Waals surface area contributed by atoms with Crippen molar-refractivity contribution in [1.82, 2.24) is 0 Å². The van der Waals surface area contributed by atoms with Gasteiger partial charge in [-0.3, -0.25) is 4.21 Å². The fraction of sp³-hybridized carbons (Fsp3) is 0.636. The Morgan fingerprint density at radius 2 is 2.25 bits per heavy atom. The third-order valence-corrected chi connectivity index (χ3v) is 3.97. The second-order valence-electron chi connectivity index (χ2n) is 3.96. The van der Waals surface area contributed by atoms with E-state index in [0.29, 0.717) is 18.1 Å². The lowest BCUT2D eigenvalue weighted by atomic mass is 10.3. The highest BCUT2D eigenvalue weighted by atomic mass is 32.2. The van der Waals surface area contributed by atoms with Gasteiger partial charge in [0.15, 0.2) is 0 Å².